The van der Waals surface area contributed by atoms with E-state index in [9.17, 15) is 5.11 Å². The van der Waals surface area contributed by atoms with Gasteiger partial charge >= 0.3 is 0 Å². The van der Waals surface area contributed by atoms with E-state index < -0.39 is 6.10 Å². The van der Waals surface area contributed by atoms with Crippen LogP contribution in [0.5, 0.6) is 5.75 Å². The van der Waals surface area contributed by atoms with Crippen molar-refractivity contribution in [1.29, 1.82) is 0 Å². The topological polar surface area (TPSA) is 106 Å². The van der Waals surface area contributed by atoms with E-state index in [2.05, 4.69) is 16.3 Å². The van der Waals surface area contributed by atoms with E-state index in [0.717, 1.165) is 72.8 Å². The van der Waals surface area contributed by atoms with Gasteiger partial charge in [-0.3, -0.25) is 0 Å². The van der Waals surface area contributed by atoms with Crippen molar-refractivity contribution in [3.63, 3.8) is 0 Å². The van der Waals surface area contributed by atoms with Gasteiger partial charge in [-0.25, -0.2) is 9.97 Å². The normalized spacial score (nSPS) is 23.0. The molecule has 2 bridgehead atoms. The fourth-order valence-corrected chi connectivity index (χ4v) is 4.94. The first-order chi connectivity index (χ1) is 16.1. The van der Waals surface area contributed by atoms with Gasteiger partial charge in [0.25, 0.3) is 0 Å². The number of benzene rings is 1. The summed E-state index contributed by atoms with van der Waals surface area (Å²) in [4.78, 5) is 12.3. The van der Waals surface area contributed by atoms with Gasteiger partial charge in [0.05, 0.1) is 22.8 Å². The number of hydrogen-bond donors (Lipinski definition) is 3. The van der Waals surface area contributed by atoms with Gasteiger partial charge in [0, 0.05) is 30.9 Å². The van der Waals surface area contributed by atoms with Crippen molar-refractivity contribution in [3.05, 3.63) is 34.8 Å². The Labute approximate surface area is 194 Å². The van der Waals surface area contributed by atoms with Gasteiger partial charge in [0.1, 0.15) is 24.3 Å². The number of nitrogens with one attached hydrogen (secondary N) is 1. The van der Waals surface area contributed by atoms with Gasteiger partial charge in [0.2, 0.25) is 0 Å². The highest BCUT2D eigenvalue weighted by atomic mass is 16.5. The van der Waals surface area contributed by atoms with E-state index in [4.69, 9.17) is 25.2 Å². The molecule has 0 saturated carbocycles. The van der Waals surface area contributed by atoms with Crippen LogP contribution in [-0.4, -0.2) is 66.7 Å². The van der Waals surface area contributed by atoms with Crippen LogP contribution in [0.2, 0.25) is 0 Å². The second kappa shape index (κ2) is 9.67. The maximum absolute atomic E-state index is 9.96. The second-order valence-electron chi connectivity index (χ2n) is 9.17. The lowest BCUT2D eigenvalue weighted by molar-refractivity contribution is 0.0301. The lowest BCUT2D eigenvalue weighted by Gasteiger charge is -2.33. The summed E-state index contributed by atoms with van der Waals surface area (Å²) < 4.78 is 11.9. The van der Waals surface area contributed by atoms with E-state index >= 15 is 0 Å². The number of aliphatic hydroxyl groups excluding tert-OH is 1. The number of likely N-dealkylation sites (N-methyl/N-ethyl adjacent to an activating group) is 1. The average molecular weight is 452 g/mol. The largest absolute Gasteiger partial charge is 0.491 e. The zero-order chi connectivity index (χ0) is 22.8. The minimum atomic E-state index is -0.571. The predicted molar refractivity (Wildman–Crippen MR) is 128 cm³/mol. The molecule has 2 aliphatic heterocycles. The second-order valence-corrected chi connectivity index (χ2v) is 9.17. The van der Waals surface area contributed by atoms with Crippen LogP contribution in [0.4, 0.5) is 5.82 Å². The molecule has 1 aromatic heterocycles. The maximum atomic E-state index is 9.96. The summed E-state index contributed by atoms with van der Waals surface area (Å²) in [5.41, 5.74) is 8.31. The van der Waals surface area contributed by atoms with Crippen molar-refractivity contribution in [2.24, 2.45) is 5.73 Å². The molecule has 5 rings (SSSR count). The number of rotatable bonds is 7. The minimum absolute atomic E-state index is 0.219. The molecule has 3 aliphatic rings. The van der Waals surface area contributed by atoms with Crippen LogP contribution in [0.3, 0.4) is 0 Å². The van der Waals surface area contributed by atoms with Gasteiger partial charge in [-0.15, -0.1) is 0 Å². The van der Waals surface area contributed by atoms with Crippen LogP contribution < -0.4 is 31.3 Å². The molecule has 2 aromatic rings. The Hall–Kier alpha value is -2.68. The van der Waals surface area contributed by atoms with Crippen LogP contribution in [0, 0.1) is 0 Å². The third-order valence-corrected chi connectivity index (χ3v) is 6.54. The molecule has 8 nitrogen and oxygen atoms in total. The minimum Gasteiger partial charge on any atom is -0.491 e. The van der Waals surface area contributed by atoms with E-state index in [-0.39, 0.29) is 18.8 Å². The lowest BCUT2D eigenvalue weighted by Crippen LogP contribution is -2.48. The Kier molecular flexibility index (Phi) is 6.48. The Morgan fingerprint density at radius 3 is 2.88 bits per heavy atom. The summed E-state index contributed by atoms with van der Waals surface area (Å²) in [6.45, 7) is 2.36. The number of nitrogens with two attached hydrogens (primary N) is 1. The molecule has 2 saturated heterocycles. The fourth-order valence-electron chi connectivity index (χ4n) is 4.94. The van der Waals surface area contributed by atoms with Gasteiger partial charge in [-0.1, -0.05) is 18.2 Å². The number of aromatic nitrogens is 2. The molecule has 3 heterocycles. The number of hydrogen-bond acceptors (Lipinski definition) is 8. The van der Waals surface area contributed by atoms with Crippen LogP contribution in [0.15, 0.2) is 24.3 Å². The zero-order valence-corrected chi connectivity index (χ0v) is 19.2. The molecular weight excluding hydrogens is 418 g/mol. The first-order valence-corrected chi connectivity index (χ1v) is 11.9. The molecule has 8 heteroatoms. The summed E-state index contributed by atoms with van der Waals surface area (Å²) in [6.07, 6.45) is 7.16. The van der Waals surface area contributed by atoms with Crippen molar-refractivity contribution in [1.82, 2.24) is 15.3 Å². The SMILES string of the molecule is CNCC(O)COc1cccc(-c2nc(N3CC4CCC(C3)O4)c3c(n2)=CCCCC=3N)c1. The number of aliphatic hydroxyl groups is 1. The molecule has 0 amide bonds. The van der Waals surface area contributed by atoms with Crippen LogP contribution in [0.1, 0.15) is 32.1 Å². The molecule has 1 aliphatic carbocycles. The summed E-state index contributed by atoms with van der Waals surface area (Å²) in [6, 6.07) is 7.75. The number of anilines is 1. The Balaban J connectivity index is 1.53. The van der Waals surface area contributed by atoms with Crippen molar-refractivity contribution in [3.8, 4) is 17.1 Å². The van der Waals surface area contributed by atoms with E-state index in [0.29, 0.717) is 18.1 Å². The molecule has 3 unspecified atom stereocenters. The van der Waals surface area contributed by atoms with Gasteiger partial charge < -0.3 is 30.5 Å². The van der Waals surface area contributed by atoms with Crippen LogP contribution in [-0.2, 0) is 4.74 Å². The number of morpholine rings is 1. The third-order valence-electron chi connectivity index (χ3n) is 6.54. The molecule has 176 valence electrons. The molecule has 3 atom stereocenters. The Bertz CT molecular complexity index is 1110. The van der Waals surface area contributed by atoms with Gasteiger partial charge in [-0.2, -0.15) is 0 Å². The quantitative estimate of drug-likeness (QED) is 0.559. The molecule has 4 N–H and O–H groups in total. The van der Waals surface area contributed by atoms with Gasteiger partial charge in [-0.05, 0) is 51.3 Å². The van der Waals surface area contributed by atoms with Crippen LogP contribution >= 0.6 is 0 Å². The molecule has 1 aromatic carbocycles. The van der Waals surface area contributed by atoms with Crippen molar-refractivity contribution < 1.29 is 14.6 Å². The smallest absolute Gasteiger partial charge is 0.162 e. The van der Waals surface area contributed by atoms with Crippen molar-refractivity contribution in [2.45, 2.75) is 50.4 Å². The number of nitrogens with zero attached hydrogens (tertiary/aromatic N) is 3. The number of fused-ring (bicyclic) bond motifs is 3. The van der Waals surface area contributed by atoms with Crippen molar-refractivity contribution >= 4 is 17.6 Å². The molecular formula is C25H33N5O3. The molecule has 2 fully saturated rings. The third kappa shape index (κ3) is 4.83. The molecule has 0 radical (unpaired) electrons. The average Bonchev–Trinajstić information content (AvgIpc) is 3.05. The number of ether oxygens (including phenoxy) is 2. The highest BCUT2D eigenvalue weighted by molar-refractivity contribution is 5.63. The van der Waals surface area contributed by atoms with Gasteiger partial charge in [0.15, 0.2) is 5.82 Å². The maximum Gasteiger partial charge on any atom is 0.162 e. The first-order valence-electron chi connectivity index (χ1n) is 11.9. The summed E-state index contributed by atoms with van der Waals surface area (Å²) in [5.74, 6) is 2.26. The van der Waals surface area contributed by atoms with E-state index in [1.165, 1.54) is 0 Å². The fraction of sp³-hybridized carbons (Fsp3) is 0.520. The zero-order valence-electron chi connectivity index (χ0n) is 19.2. The summed E-state index contributed by atoms with van der Waals surface area (Å²) >= 11 is 0. The Morgan fingerprint density at radius 2 is 2.09 bits per heavy atom. The van der Waals surface area contributed by atoms with Crippen molar-refractivity contribution in [2.75, 3.05) is 38.2 Å². The summed E-state index contributed by atoms with van der Waals surface area (Å²) in [5, 5.41) is 14.8. The summed E-state index contributed by atoms with van der Waals surface area (Å²) in [7, 11) is 1.80. The monoisotopic (exact) mass is 451 g/mol. The molecule has 33 heavy (non-hydrogen) atoms. The standard InChI is InChI=1S/C25H33N5O3/c1-27-12-17(31)15-32-18-6-4-5-16(11-18)24-28-22-8-3-2-7-21(26)23(22)25(29-24)30-13-19-9-10-20(14-30)33-19/h4-6,8,11,17,19-20,27,31H,2-3,7,9-10,12-15,26H2,1H3. The first kappa shape index (κ1) is 22.1. The van der Waals surface area contributed by atoms with Crippen LogP contribution in [0.25, 0.3) is 23.2 Å². The Morgan fingerprint density at radius 1 is 1.27 bits per heavy atom. The molecule has 0 spiro atoms. The lowest BCUT2D eigenvalue weighted by atomic mass is 10.1. The van der Waals surface area contributed by atoms with E-state index in [1.807, 2.05) is 24.3 Å². The highest BCUT2D eigenvalue weighted by Gasteiger charge is 2.35. The highest BCUT2D eigenvalue weighted by Crippen LogP contribution is 2.29. The predicted octanol–water partition coefficient (Wildman–Crippen LogP) is 0.502. The van der Waals surface area contributed by atoms with E-state index in [1.54, 1.807) is 7.05 Å².